The summed E-state index contributed by atoms with van der Waals surface area (Å²) >= 11 is 0. The number of rotatable bonds is 5. The van der Waals surface area contributed by atoms with Crippen molar-refractivity contribution >= 4 is 18.1 Å². The van der Waals surface area contributed by atoms with E-state index in [0.717, 1.165) is 6.29 Å². The Bertz CT molecular complexity index is 522. The number of anilines is 1. The third-order valence-electron chi connectivity index (χ3n) is 2.06. The molecule has 2 rings (SSSR count). The topological polar surface area (TPSA) is 97.0 Å². The van der Waals surface area contributed by atoms with Crippen molar-refractivity contribution in [3.05, 3.63) is 36.2 Å². The molecule has 7 heteroatoms. The van der Waals surface area contributed by atoms with Crippen molar-refractivity contribution in [2.24, 2.45) is 0 Å². The molecule has 0 saturated heterocycles. The van der Waals surface area contributed by atoms with Gasteiger partial charge < -0.3 is 4.74 Å². The quantitative estimate of drug-likeness (QED) is 0.754. The first-order chi connectivity index (χ1) is 8.78. The number of ether oxygens (including phenoxy) is 1. The summed E-state index contributed by atoms with van der Waals surface area (Å²) in [4.78, 5) is 25.6. The molecule has 2 aromatic rings. The van der Waals surface area contributed by atoms with E-state index in [1.807, 2.05) is 0 Å². The van der Waals surface area contributed by atoms with E-state index in [1.165, 1.54) is 6.33 Å². The van der Waals surface area contributed by atoms with E-state index in [9.17, 15) is 9.59 Å². The lowest BCUT2D eigenvalue weighted by Gasteiger charge is -2.05. The summed E-state index contributed by atoms with van der Waals surface area (Å²) in [5.41, 5.74) is 0.550. The molecule has 0 spiro atoms. The van der Waals surface area contributed by atoms with Crippen LogP contribution in [0.5, 0.6) is 5.75 Å². The van der Waals surface area contributed by atoms with Gasteiger partial charge in [0.25, 0.3) is 5.91 Å². The van der Waals surface area contributed by atoms with Crippen LogP contribution in [-0.2, 0) is 4.79 Å². The molecule has 7 nitrogen and oxygen atoms in total. The lowest BCUT2D eigenvalue weighted by Crippen LogP contribution is -2.20. The minimum atomic E-state index is -0.355. The number of hydrogen-bond acceptors (Lipinski definition) is 5. The minimum absolute atomic E-state index is 0.152. The Hall–Kier alpha value is -2.70. The monoisotopic (exact) mass is 246 g/mol. The average molecular weight is 246 g/mol. The number of H-pyrrole nitrogens is 1. The largest absolute Gasteiger partial charge is 0.484 e. The van der Waals surface area contributed by atoms with Crippen LogP contribution in [0.1, 0.15) is 10.4 Å². The number of benzene rings is 1. The molecule has 0 bridgehead atoms. The van der Waals surface area contributed by atoms with Crippen molar-refractivity contribution in [3.63, 3.8) is 0 Å². The molecule has 1 aromatic carbocycles. The molecule has 0 aliphatic heterocycles. The normalized spacial score (nSPS) is 9.78. The minimum Gasteiger partial charge on any atom is -0.484 e. The Morgan fingerprint density at radius 1 is 1.39 bits per heavy atom. The van der Waals surface area contributed by atoms with E-state index in [2.05, 4.69) is 20.5 Å². The first-order valence-electron chi connectivity index (χ1n) is 5.11. The van der Waals surface area contributed by atoms with Gasteiger partial charge in [-0.05, 0) is 24.3 Å². The van der Waals surface area contributed by atoms with Gasteiger partial charge in [0.05, 0.1) is 0 Å². The average Bonchev–Trinajstić information content (AvgIpc) is 2.90. The van der Waals surface area contributed by atoms with Gasteiger partial charge in [-0.2, -0.15) is 10.1 Å². The molecule has 1 aromatic heterocycles. The summed E-state index contributed by atoms with van der Waals surface area (Å²) in [6.45, 7) is -0.152. The number of aromatic amines is 1. The molecule has 1 amide bonds. The molecule has 2 N–H and O–H groups in total. The van der Waals surface area contributed by atoms with Crippen LogP contribution in [0.4, 0.5) is 5.95 Å². The van der Waals surface area contributed by atoms with Gasteiger partial charge in [0.15, 0.2) is 6.61 Å². The standard InChI is InChI=1S/C11H10N4O3/c16-5-8-1-3-9(4-2-8)18-6-10(17)14-11-12-7-13-15-11/h1-5,7H,6H2,(H2,12,13,14,15,17). The fourth-order valence-electron chi connectivity index (χ4n) is 1.23. The van der Waals surface area contributed by atoms with Crippen LogP contribution < -0.4 is 10.1 Å². The molecule has 92 valence electrons. The highest BCUT2D eigenvalue weighted by Gasteiger charge is 2.05. The number of aromatic nitrogens is 3. The van der Waals surface area contributed by atoms with Gasteiger partial charge in [0, 0.05) is 5.56 Å². The fourth-order valence-corrected chi connectivity index (χ4v) is 1.23. The highest BCUT2D eigenvalue weighted by atomic mass is 16.5. The van der Waals surface area contributed by atoms with Crippen LogP contribution in [0.15, 0.2) is 30.6 Å². The predicted molar refractivity (Wildman–Crippen MR) is 62.3 cm³/mol. The number of nitrogens with one attached hydrogen (secondary N) is 2. The summed E-state index contributed by atoms with van der Waals surface area (Å²) in [6.07, 6.45) is 2.02. The Kier molecular flexibility index (Phi) is 3.65. The third-order valence-corrected chi connectivity index (χ3v) is 2.06. The highest BCUT2D eigenvalue weighted by Crippen LogP contribution is 2.10. The molecule has 0 saturated carbocycles. The maximum absolute atomic E-state index is 11.4. The van der Waals surface area contributed by atoms with Crippen LogP contribution in [-0.4, -0.2) is 34.0 Å². The van der Waals surface area contributed by atoms with Crippen LogP contribution in [0.2, 0.25) is 0 Å². The maximum Gasteiger partial charge on any atom is 0.264 e. The molecular weight excluding hydrogens is 236 g/mol. The molecule has 0 aliphatic carbocycles. The zero-order chi connectivity index (χ0) is 12.8. The molecule has 0 fully saturated rings. The molecule has 18 heavy (non-hydrogen) atoms. The van der Waals surface area contributed by atoms with Crippen molar-refractivity contribution in [1.82, 2.24) is 15.2 Å². The van der Waals surface area contributed by atoms with Crippen LogP contribution in [0.25, 0.3) is 0 Å². The van der Waals surface area contributed by atoms with E-state index >= 15 is 0 Å². The summed E-state index contributed by atoms with van der Waals surface area (Å²) in [7, 11) is 0. The molecule has 0 atom stereocenters. The zero-order valence-electron chi connectivity index (χ0n) is 9.29. The van der Waals surface area contributed by atoms with Gasteiger partial charge in [-0.15, -0.1) is 0 Å². The predicted octanol–water partition coefficient (Wildman–Crippen LogP) is 0.635. The number of carbonyl (C=O) groups excluding carboxylic acids is 2. The second-order valence-electron chi connectivity index (χ2n) is 3.36. The molecule has 1 heterocycles. The second-order valence-corrected chi connectivity index (χ2v) is 3.36. The van der Waals surface area contributed by atoms with E-state index in [4.69, 9.17) is 4.74 Å². The maximum atomic E-state index is 11.4. The van der Waals surface area contributed by atoms with Crippen LogP contribution in [0, 0.1) is 0 Å². The summed E-state index contributed by atoms with van der Waals surface area (Å²) in [5, 5.41) is 8.55. The number of aldehydes is 1. The van der Waals surface area contributed by atoms with Crippen molar-refractivity contribution in [3.8, 4) is 5.75 Å². The highest BCUT2D eigenvalue weighted by molar-refractivity contribution is 5.90. The molecular formula is C11H10N4O3. The molecule has 0 aliphatic rings. The lowest BCUT2D eigenvalue weighted by atomic mass is 10.2. The first-order valence-corrected chi connectivity index (χ1v) is 5.11. The third kappa shape index (κ3) is 3.14. The van der Waals surface area contributed by atoms with Gasteiger partial charge in [0.1, 0.15) is 18.4 Å². The Morgan fingerprint density at radius 2 is 2.17 bits per heavy atom. The van der Waals surface area contributed by atoms with Crippen molar-refractivity contribution in [1.29, 1.82) is 0 Å². The van der Waals surface area contributed by atoms with E-state index < -0.39 is 0 Å². The van der Waals surface area contributed by atoms with E-state index in [0.29, 0.717) is 11.3 Å². The van der Waals surface area contributed by atoms with Gasteiger partial charge in [-0.3, -0.25) is 14.9 Å². The fraction of sp³-hybridized carbons (Fsp3) is 0.0909. The Balaban J connectivity index is 1.83. The SMILES string of the molecule is O=Cc1ccc(OCC(=O)Nc2ncn[nH]2)cc1. The number of nitrogens with zero attached hydrogens (tertiary/aromatic N) is 2. The molecule has 0 unspecified atom stereocenters. The number of hydrogen-bond donors (Lipinski definition) is 2. The van der Waals surface area contributed by atoms with Gasteiger partial charge >= 0.3 is 0 Å². The first kappa shape index (κ1) is 11.8. The van der Waals surface area contributed by atoms with Crippen molar-refractivity contribution < 1.29 is 14.3 Å². The number of amides is 1. The van der Waals surface area contributed by atoms with Gasteiger partial charge in [-0.25, -0.2) is 5.10 Å². The Labute approximate surface area is 102 Å². The summed E-state index contributed by atoms with van der Waals surface area (Å²) < 4.78 is 5.23. The zero-order valence-corrected chi connectivity index (χ0v) is 9.29. The Morgan fingerprint density at radius 3 is 2.78 bits per heavy atom. The van der Waals surface area contributed by atoms with Crippen molar-refractivity contribution in [2.45, 2.75) is 0 Å². The number of carbonyl (C=O) groups is 2. The summed E-state index contributed by atoms with van der Waals surface area (Å²) in [5.74, 6) is 0.416. The van der Waals surface area contributed by atoms with E-state index in [-0.39, 0.29) is 18.5 Å². The van der Waals surface area contributed by atoms with Crippen LogP contribution in [0.3, 0.4) is 0 Å². The summed E-state index contributed by atoms with van der Waals surface area (Å²) in [6, 6.07) is 6.45. The van der Waals surface area contributed by atoms with Crippen molar-refractivity contribution in [2.75, 3.05) is 11.9 Å². The van der Waals surface area contributed by atoms with Gasteiger partial charge in [0.2, 0.25) is 5.95 Å². The van der Waals surface area contributed by atoms with E-state index in [1.54, 1.807) is 24.3 Å². The van der Waals surface area contributed by atoms with Crippen LogP contribution >= 0.6 is 0 Å². The second kappa shape index (κ2) is 5.58. The smallest absolute Gasteiger partial charge is 0.264 e. The van der Waals surface area contributed by atoms with Gasteiger partial charge in [-0.1, -0.05) is 0 Å². The lowest BCUT2D eigenvalue weighted by molar-refractivity contribution is -0.118. The molecule has 0 radical (unpaired) electrons.